The van der Waals surface area contributed by atoms with Crippen LogP contribution < -0.4 is 9.47 Å². The summed E-state index contributed by atoms with van der Waals surface area (Å²) in [6, 6.07) is 10.5. The minimum atomic E-state index is 0.462. The molecule has 2 rings (SSSR count). The first-order valence-electron chi connectivity index (χ1n) is 4.49. The fraction of sp³-hybridized carbons (Fsp3) is 0. The van der Waals surface area contributed by atoms with Crippen LogP contribution >= 0.6 is 0 Å². The summed E-state index contributed by atoms with van der Waals surface area (Å²) < 4.78 is 9.43. The van der Waals surface area contributed by atoms with Gasteiger partial charge in [0, 0.05) is 0 Å². The van der Waals surface area contributed by atoms with Crippen molar-refractivity contribution < 1.29 is 9.47 Å². The van der Waals surface area contributed by atoms with E-state index in [1.807, 2.05) is 12.1 Å². The summed E-state index contributed by atoms with van der Waals surface area (Å²) in [5.74, 6) is 0.924. The highest BCUT2D eigenvalue weighted by Gasteiger charge is 2.00. The SMILES string of the molecule is N#COc1ccc2ccc(OC#N)cc2c1. The van der Waals surface area contributed by atoms with Crippen molar-refractivity contribution in [3.8, 4) is 24.0 Å². The summed E-state index contributed by atoms with van der Waals surface area (Å²) in [4.78, 5) is 0. The molecule has 0 N–H and O–H groups in total. The minimum absolute atomic E-state index is 0.462. The first-order chi connectivity index (χ1) is 7.83. The second-order valence-corrected chi connectivity index (χ2v) is 3.06. The third kappa shape index (κ3) is 1.87. The van der Waals surface area contributed by atoms with Crippen LogP contribution in [0.5, 0.6) is 11.5 Å². The zero-order valence-corrected chi connectivity index (χ0v) is 8.18. The van der Waals surface area contributed by atoms with E-state index in [9.17, 15) is 0 Å². The molecular weight excluding hydrogens is 204 g/mol. The van der Waals surface area contributed by atoms with Crippen LogP contribution in [0.25, 0.3) is 10.8 Å². The molecule has 0 atom stereocenters. The third-order valence-electron chi connectivity index (χ3n) is 2.11. The van der Waals surface area contributed by atoms with E-state index >= 15 is 0 Å². The van der Waals surface area contributed by atoms with Gasteiger partial charge in [-0.1, -0.05) is 12.1 Å². The maximum Gasteiger partial charge on any atom is 0.292 e. The Labute approximate surface area is 91.9 Å². The van der Waals surface area contributed by atoms with E-state index in [2.05, 4.69) is 0 Å². The Hall–Kier alpha value is -2.72. The van der Waals surface area contributed by atoms with Crippen LogP contribution in [0.15, 0.2) is 36.4 Å². The van der Waals surface area contributed by atoms with Gasteiger partial charge in [-0.05, 0) is 35.0 Å². The molecule has 0 aromatic heterocycles. The topological polar surface area (TPSA) is 66.0 Å². The van der Waals surface area contributed by atoms with E-state index in [0.717, 1.165) is 10.8 Å². The number of hydrogen-bond donors (Lipinski definition) is 0. The Bertz CT molecular complexity index is 558. The summed E-state index contributed by atoms with van der Waals surface area (Å²) in [7, 11) is 0. The van der Waals surface area contributed by atoms with E-state index in [-0.39, 0.29) is 0 Å². The lowest BCUT2D eigenvalue weighted by atomic mass is 10.1. The lowest BCUT2D eigenvalue weighted by molar-refractivity contribution is 0.506. The molecule has 76 valence electrons. The highest BCUT2D eigenvalue weighted by molar-refractivity contribution is 5.85. The average Bonchev–Trinajstić information content (AvgIpc) is 2.29. The fourth-order valence-corrected chi connectivity index (χ4v) is 1.44. The van der Waals surface area contributed by atoms with Crippen molar-refractivity contribution in [3.63, 3.8) is 0 Å². The predicted molar refractivity (Wildman–Crippen MR) is 56.4 cm³/mol. The molecule has 2 aromatic rings. The molecule has 0 radical (unpaired) electrons. The Kier molecular flexibility index (Phi) is 2.58. The Morgan fingerprint density at radius 1 is 0.750 bits per heavy atom. The van der Waals surface area contributed by atoms with Gasteiger partial charge in [0.05, 0.1) is 0 Å². The quantitative estimate of drug-likeness (QED) is 0.714. The van der Waals surface area contributed by atoms with E-state index in [1.165, 1.54) is 0 Å². The number of ether oxygens (including phenoxy) is 2. The summed E-state index contributed by atoms with van der Waals surface area (Å²) in [6.45, 7) is 0. The van der Waals surface area contributed by atoms with E-state index in [4.69, 9.17) is 20.0 Å². The summed E-state index contributed by atoms with van der Waals surface area (Å²) in [5, 5.41) is 18.6. The van der Waals surface area contributed by atoms with Crippen molar-refractivity contribution in [1.82, 2.24) is 0 Å². The lowest BCUT2D eigenvalue weighted by Crippen LogP contribution is -1.84. The van der Waals surface area contributed by atoms with Crippen LogP contribution in [0, 0.1) is 23.0 Å². The van der Waals surface area contributed by atoms with Gasteiger partial charge in [0.25, 0.3) is 12.5 Å². The zero-order chi connectivity index (χ0) is 11.4. The average molecular weight is 210 g/mol. The standard InChI is InChI=1S/C12H6N2O2/c13-7-15-11-3-1-9-2-4-12(16-8-14)6-10(9)5-11/h1-6H. The number of nitriles is 2. The first-order valence-corrected chi connectivity index (χ1v) is 4.49. The molecule has 0 bridgehead atoms. The molecule has 0 aliphatic rings. The van der Waals surface area contributed by atoms with Crippen molar-refractivity contribution in [2.45, 2.75) is 0 Å². The van der Waals surface area contributed by atoms with Crippen LogP contribution in [0.3, 0.4) is 0 Å². The smallest absolute Gasteiger partial charge is 0.292 e. The molecule has 0 spiro atoms. The fourth-order valence-electron chi connectivity index (χ4n) is 1.44. The van der Waals surface area contributed by atoms with Gasteiger partial charge in [-0.25, -0.2) is 0 Å². The molecule has 0 heterocycles. The molecular formula is C12H6N2O2. The Morgan fingerprint density at radius 3 is 1.69 bits per heavy atom. The third-order valence-corrected chi connectivity index (χ3v) is 2.11. The Balaban J connectivity index is 2.49. The summed E-state index contributed by atoms with van der Waals surface area (Å²) in [5.41, 5.74) is 0. The normalized spacial score (nSPS) is 9.12. The zero-order valence-electron chi connectivity index (χ0n) is 8.18. The van der Waals surface area contributed by atoms with Gasteiger partial charge in [0.15, 0.2) is 0 Å². The number of fused-ring (bicyclic) bond motifs is 1. The number of benzene rings is 2. The van der Waals surface area contributed by atoms with Gasteiger partial charge in [-0.15, -0.1) is 10.5 Å². The van der Waals surface area contributed by atoms with E-state index in [1.54, 1.807) is 36.8 Å². The molecule has 16 heavy (non-hydrogen) atoms. The molecule has 0 saturated carbocycles. The van der Waals surface area contributed by atoms with Crippen molar-refractivity contribution in [2.75, 3.05) is 0 Å². The van der Waals surface area contributed by atoms with Crippen LogP contribution in [-0.2, 0) is 0 Å². The van der Waals surface area contributed by atoms with Gasteiger partial charge >= 0.3 is 0 Å². The summed E-state index contributed by atoms with van der Waals surface area (Å²) in [6.07, 6.45) is 3.21. The lowest BCUT2D eigenvalue weighted by Gasteiger charge is -2.02. The molecule has 0 amide bonds. The molecule has 0 aliphatic heterocycles. The molecule has 0 fully saturated rings. The Morgan fingerprint density at radius 2 is 1.25 bits per heavy atom. The van der Waals surface area contributed by atoms with Crippen LogP contribution in [0.1, 0.15) is 0 Å². The van der Waals surface area contributed by atoms with Gasteiger partial charge < -0.3 is 9.47 Å². The molecule has 0 saturated heterocycles. The molecule has 0 aliphatic carbocycles. The highest BCUT2D eigenvalue weighted by Crippen LogP contribution is 2.24. The maximum absolute atomic E-state index is 8.39. The molecule has 0 unspecified atom stereocenters. The van der Waals surface area contributed by atoms with Crippen LogP contribution in [-0.4, -0.2) is 0 Å². The first kappa shape index (κ1) is 9.82. The van der Waals surface area contributed by atoms with Gasteiger partial charge in [0.2, 0.25) is 0 Å². The van der Waals surface area contributed by atoms with Gasteiger partial charge in [-0.3, -0.25) is 0 Å². The maximum atomic E-state index is 8.39. The predicted octanol–water partition coefficient (Wildman–Crippen LogP) is 2.56. The monoisotopic (exact) mass is 210 g/mol. The minimum Gasteiger partial charge on any atom is -0.388 e. The van der Waals surface area contributed by atoms with Crippen molar-refractivity contribution in [3.05, 3.63) is 36.4 Å². The van der Waals surface area contributed by atoms with E-state index < -0.39 is 0 Å². The number of nitrogens with zero attached hydrogens (tertiary/aromatic N) is 2. The second kappa shape index (κ2) is 4.20. The van der Waals surface area contributed by atoms with Gasteiger partial charge in [0.1, 0.15) is 11.5 Å². The molecule has 2 aromatic carbocycles. The number of hydrogen-bond acceptors (Lipinski definition) is 4. The van der Waals surface area contributed by atoms with Crippen molar-refractivity contribution in [2.24, 2.45) is 0 Å². The largest absolute Gasteiger partial charge is 0.388 e. The molecule has 4 nitrogen and oxygen atoms in total. The van der Waals surface area contributed by atoms with Gasteiger partial charge in [-0.2, -0.15) is 0 Å². The highest BCUT2D eigenvalue weighted by atomic mass is 16.5. The second-order valence-electron chi connectivity index (χ2n) is 3.06. The van der Waals surface area contributed by atoms with Crippen LogP contribution in [0.4, 0.5) is 0 Å². The van der Waals surface area contributed by atoms with Crippen molar-refractivity contribution >= 4 is 10.8 Å². The summed E-state index contributed by atoms with van der Waals surface area (Å²) >= 11 is 0. The van der Waals surface area contributed by atoms with E-state index in [0.29, 0.717) is 11.5 Å². The van der Waals surface area contributed by atoms with Crippen molar-refractivity contribution in [1.29, 1.82) is 10.5 Å². The number of rotatable bonds is 2. The van der Waals surface area contributed by atoms with Crippen LogP contribution in [0.2, 0.25) is 0 Å². The molecule has 4 heteroatoms.